The molecule has 4 aromatic carbocycles. The van der Waals surface area contributed by atoms with Crippen molar-refractivity contribution >= 4 is 29.7 Å². The molecule has 0 saturated carbocycles. The summed E-state index contributed by atoms with van der Waals surface area (Å²) in [7, 11) is 0. The summed E-state index contributed by atoms with van der Waals surface area (Å²) in [6, 6.07) is 47.9. The van der Waals surface area contributed by atoms with Crippen molar-refractivity contribution in [2.75, 3.05) is 119 Å². The second-order valence-corrected chi connectivity index (χ2v) is 32.0. The molecule has 0 spiro atoms. The van der Waals surface area contributed by atoms with Crippen LogP contribution in [-0.2, 0) is 52.3 Å². The minimum absolute atomic E-state index is 0.00508. The van der Waals surface area contributed by atoms with Gasteiger partial charge in [-0.15, -0.1) is 20.5 Å². The van der Waals surface area contributed by atoms with E-state index in [1.165, 1.54) is 0 Å². The summed E-state index contributed by atoms with van der Waals surface area (Å²) in [5, 5.41) is 48.2. The number of hydrogen-bond donors (Lipinski definition) is 5. The number of carbonyl (C=O) groups is 5. The molecule has 29 heteroatoms. The van der Waals surface area contributed by atoms with Crippen LogP contribution in [0.4, 0.5) is 4.79 Å². The molecule has 2 aromatic heterocycles. The van der Waals surface area contributed by atoms with E-state index in [-0.39, 0.29) is 47.9 Å². The van der Waals surface area contributed by atoms with Crippen LogP contribution in [0, 0.1) is 10.8 Å². The number of ether oxygens (including phenoxy) is 9. The number of hydrogen-bond acceptors (Lipinski definition) is 24. The molecule has 1 atom stereocenters. The molecule has 0 bridgehead atoms. The highest BCUT2D eigenvalue weighted by Gasteiger charge is 2.49. The Morgan fingerprint density at radius 1 is 0.353 bits per heavy atom. The van der Waals surface area contributed by atoms with E-state index in [2.05, 4.69) is 156 Å². The summed E-state index contributed by atoms with van der Waals surface area (Å²) in [6.45, 7) is 21.3. The van der Waals surface area contributed by atoms with Crippen molar-refractivity contribution in [3.63, 3.8) is 0 Å². The quantitative estimate of drug-likeness (QED) is 0.0221. The van der Waals surface area contributed by atoms with Crippen molar-refractivity contribution in [1.29, 1.82) is 0 Å². The van der Waals surface area contributed by atoms with Gasteiger partial charge in [-0.05, 0) is 185 Å². The zero-order valence-corrected chi connectivity index (χ0v) is 71.0. The number of rotatable bonds is 61. The van der Waals surface area contributed by atoms with E-state index < -0.39 is 35.0 Å². The third-order valence-electron chi connectivity index (χ3n) is 20.6. The summed E-state index contributed by atoms with van der Waals surface area (Å²) >= 11 is 0. The number of alkyl carbamates (subject to hydrolysis) is 1. The van der Waals surface area contributed by atoms with Crippen LogP contribution in [-0.4, -0.2) is 181 Å². The fraction of sp³-hybridized carbons (Fsp3) is 0.567. The van der Waals surface area contributed by atoms with E-state index in [1.807, 2.05) is 84.9 Å². The van der Waals surface area contributed by atoms with E-state index in [0.29, 0.717) is 188 Å². The number of carbonyl (C=O) groups excluding carboxylic acids is 5. The molecular formula is C90H127N15O14. The summed E-state index contributed by atoms with van der Waals surface area (Å²) in [4.78, 5) is 73.9. The van der Waals surface area contributed by atoms with Crippen molar-refractivity contribution < 1.29 is 66.6 Å². The molecule has 4 heterocycles. The van der Waals surface area contributed by atoms with Crippen molar-refractivity contribution in [2.45, 2.75) is 200 Å². The van der Waals surface area contributed by atoms with Gasteiger partial charge in [0.15, 0.2) is 11.3 Å². The van der Waals surface area contributed by atoms with Gasteiger partial charge in [-0.25, -0.2) is 14.8 Å². The lowest BCUT2D eigenvalue weighted by molar-refractivity contribution is -0.124. The normalized spacial score (nSPS) is 13.6. The maximum Gasteiger partial charge on any atom is 0.408 e. The first-order chi connectivity index (χ1) is 57.7. The molecule has 2 aliphatic heterocycles. The molecule has 0 unspecified atom stereocenters. The number of benzene rings is 4. The Morgan fingerprint density at radius 3 is 1.05 bits per heavy atom. The van der Waals surface area contributed by atoms with Gasteiger partial charge in [0.25, 0.3) is 0 Å². The minimum Gasteiger partial charge on any atom is -0.478 e. The molecule has 0 aliphatic carbocycles. The monoisotopic (exact) mass is 1640 g/mol. The van der Waals surface area contributed by atoms with Crippen LogP contribution in [0.5, 0.6) is 11.8 Å². The van der Waals surface area contributed by atoms with Crippen molar-refractivity contribution in [1.82, 2.24) is 36.6 Å². The number of nitrogens with zero attached hydrogens (tertiary/aromatic N) is 10. The molecule has 5 N–H and O–H groups in total. The highest BCUT2D eigenvalue weighted by atomic mass is 16.6. The summed E-state index contributed by atoms with van der Waals surface area (Å²) in [5.41, 5.74) is 5.08. The number of unbranched alkanes of at least 4 members (excludes halogenated alkanes) is 4. The Hall–Kier alpha value is -9.91. The second-order valence-electron chi connectivity index (χ2n) is 32.0. The smallest absolute Gasteiger partial charge is 0.408 e. The third-order valence-corrected chi connectivity index (χ3v) is 20.6. The summed E-state index contributed by atoms with van der Waals surface area (Å²) < 4.78 is 52.0. The van der Waals surface area contributed by atoms with Crippen LogP contribution in [0.15, 0.2) is 187 Å². The van der Waals surface area contributed by atoms with Crippen LogP contribution >= 0.6 is 0 Å². The molecule has 8 rings (SSSR count). The van der Waals surface area contributed by atoms with E-state index in [0.717, 1.165) is 96.1 Å². The lowest BCUT2D eigenvalue weighted by Crippen LogP contribution is -2.48. The van der Waals surface area contributed by atoms with Crippen molar-refractivity contribution in [2.24, 2.45) is 52.2 Å². The molecule has 119 heavy (non-hydrogen) atoms. The first-order valence-electron chi connectivity index (χ1n) is 42.4. The van der Waals surface area contributed by atoms with Gasteiger partial charge in [0.1, 0.15) is 11.6 Å². The predicted molar refractivity (Wildman–Crippen MR) is 456 cm³/mol. The molecule has 29 nitrogen and oxygen atoms in total. The molecule has 0 radical (unpaired) electrons. The standard InChI is InChI=1S/C90H127N15O14/c1-86(2,3)119-85(110)97-76(84(109)94-51-31-55-114-61-65-116-63-59-112-53-29-49-92-80(107)41-21-23-47-90(100-104-105-101-90)88(6,7)45-25-27-57-118-83-69-75(71-34-14-9-15-35-71)67-78(96-83)73-38-18-11-19-39-73)42-43-81(108)93-50-30-54-113-60-64-115-62-58-111-52-28-48-91-79(106)40-20-22-46-89(98-102-103-99-89)87(4,5)44-24-26-56-117-82-68-74(70-32-12-8-13-33-70)66-77(95-82)72-36-16-10-17-37-72/h8-19,32-39,66-69,76H,20-31,40-65H2,1-7H3,(H,91,106)(H,92,107)(H,93,108)(H,94,109)(H,97,110)/t76-/m0/s1. The predicted octanol–water partition coefficient (Wildman–Crippen LogP) is 17.0. The van der Waals surface area contributed by atoms with Crippen molar-refractivity contribution in [3.05, 3.63) is 146 Å². The van der Waals surface area contributed by atoms with E-state index in [1.54, 1.807) is 20.8 Å². The lowest BCUT2D eigenvalue weighted by atomic mass is 9.73. The molecule has 2 aliphatic rings. The highest BCUT2D eigenvalue weighted by molar-refractivity contribution is 5.86. The maximum absolute atomic E-state index is 13.3. The summed E-state index contributed by atoms with van der Waals surface area (Å²) in [6.07, 6.45) is 11.7. The summed E-state index contributed by atoms with van der Waals surface area (Å²) in [5.74, 6) is 0.450. The Bertz CT molecular complexity index is 3940. The van der Waals surface area contributed by atoms with Gasteiger partial charge in [-0.3, -0.25) is 19.2 Å². The van der Waals surface area contributed by atoms with E-state index in [4.69, 9.17) is 52.6 Å². The second kappa shape index (κ2) is 52.2. The van der Waals surface area contributed by atoms with E-state index >= 15 is 0 Å². The first-order valence-corrected chi connectivity index (χ1v) is 42.4. The van der Waals surface area contributed by atoms with Crippen LogP contribution in [0.25, 0.3) is 44.8 Å². The Balaban J connectivity index is 0.561. The molecule has 0 saturated heterocycles. The van der Waals surface area contributed by atoms with Gasteiger partial charge in [-0.1, -0.05) is 149 Å². The zero-order chi connectivity index (χ0) is 84.5. The Morgan fingerprint density at radius 2 is 0.689 bits per heavy atom. The molecule has 5 amide bonds. The van der Waals surface area contributed by atoms with E-state index in [9.17, 15) is 24.0 Å². The first kappa shape index (κ1) is 94.6. The number of pyridine rings is 2. The number of amides is 5. The van der Waals surface area contributed by atoms with Gasteiger partial charge < -0.3 is 69.2 Å². The van der Waals surface area contributed by atoms with Gasteiger partial charge in [0, 0.05) is 106 Å². The lowest BCUT2D eigenvalue weighted by Gasteiger charge is -2.37. The zero-order valence-electron chi connectivity index (χ0n) is 71.0. The fourth-order valence-corrected chi connectivity index (χ4v) is 13.6. The third kappa shape index (κ3) is 35.1. The molecule has 6 aromatic rings. The van der Waals surface area contributed by atoms with Crippen LogP contribution < -0.4 is 36.1 Å². The van der Waals surface area contributed by atoms with Gasteiger partial charge in [0.05, 0.1) is 77.5 Å². The molecular weight excluding hydrogens is 1520 g/mol. The Kier molecular flexibility index (Phi) is 41.5. The van der Waals surface area contributed by atoms with Crippen LogP contribution in [0.1, 0.15) is 177 Å². The Labute approximate surface area is 702 Å². The topological polar surface area (TPSA) is 353 Å². The van der Waals surface area contributed by atoms with Crippen LogP contribution in [0.2, 0.25) is 0 Å². The van der Waals surface area contributed by atoms with Crippen molar-refractivity contribution in [3.8, 4) is 56.5 Å². The SMILES string of the molecule is CC(C)(C)OC(=O)N[C@@H](CCC(=O)NCCCOCCOCCOCCCNC(=O)CCCCC1(C(C)(C)CCCCOc2cc(-c3ccccc3)cc(-c3ccccc3)n2)N=NN=N1)C(=O)NCCCOCCOCCOCCCNC(=O)CCCCC1(C(C)(C)CCCCOc2cc(-c3ccccc3)cc(-c3ccccc3)n2)N=NN=N1. The van der Waals surface area contributed by atoms with Gasteiger partial charge in [0.2, 0.25) is 35.4 Å². The fourth-order valence-electron chi connectivity index (χ4n) is 13.6. The largest absolute Gasteiger partial charge is 0.478 e. The molecule has 646 valence electrons. The van der Waals surface area contributed by atoms with Crippen LogP contribution in [0.3, 0.4) is 0 Å². The number of nitrogens with one attached hydrogen (secondary N) is 5. The molecule has 0 fully saturated rings. The van der Waals surface area contributed by atoms with Gasteiger partial charge >= 0.3 is 6.09 Å². The average Bonchev–Trinajstić information content (AvgIpc) is 1.68. The minimum atomic E-state index is -1.00. The van der Waals surface area contributed by atoms with Gasteiger partial charge in [-0.2, -0.15) is 0 Å². The maximum atomic E-state index is 13.3. The number of aromatic nitrogens is 2. The average molecular weight is 1640 g/mol. The highest BCUT2D eigenvalue weighted by Crippen LogP contribution is 2.48.